The number of amides is 3. The Morgan fingerprint density at radius 3 is 2.50 bits per heavy atom. The minimum atomic E-state index is -0.213. The number of hydrogen-bond acceptors (Lipinski definition) is 3. The highest BCUT2D eigenvalue weighted by molar-refractivity contribution is 8.01. The average Bonchev–Trinajstić information content (AvgIpc) is 3.01. The fourth-order valence-corrected chi connectivity index (χ4v) is 5.67. The molecule has 1 aromatic carbocycles. The smallest absolute Gasteiger partial charge is 0.318 e. The first-order chi connectivity index (χ1) is 14.2. The van der Waals surface area contributed by atoms with E-state index in [2.05, 4.69) is 48.3 Å². The summed E-state index contributed by atoms with van der Waals surface area (Å²) in [5, 5.41) is 3.22. The molecular formula is C23H37N4O2S+. The van der Waals surface area contributed by atoms with Crippen molar-refractivity contribution in [1.82, 2.24) is 15.1 Å². The molecule has 3 rings (SSSR count). The second kappa shape index (κ2) is 9.60. The number of rotatable bonds is 5. The van der Waals surface area contributed by atoms with Gasteiger partial charge in [0.2, 0.25) is 5.91 Å². The van der Waals surface area contributed by atoms with Crippen LogP contribution in [0.4, 0.5) is 4.79 Å². The molecule has 2 aliphatic rings. The van der Waals surface area contributed by atoms with Gasteiger partial charge in [-0.1, -0.05) is 31.2 Å². The predicted molar refractivity (Wildman–Crippen MR) is 123 cm³/mol. The SMILES string of the molecule is CC[C@@H]1S[C@H](c2ccccc2C)N(CC[NH+]2CCN(C(=O)NC(C)(C)C)CC2)C1=O. The standard InChI is InChI=1S/C23H36N4O2S/c1-6-19-20(28)27(21(30-19)18-10-8-7-9-17(18)2)16-13-25-11-14-26(15-12-25)22(29)24-23(3,4)5/h7-10,19,21H,6,11-16H2,1-5H3,(H,24,29)/p+1/t19-,21+/m0/s1. The Balaban J connectivity index is 1.57. The van der Waals surface area contributed by atoms with Gasteiger partial charge in [-0.2, -0.15) is 0 Å². The first kappa shape index (κ1) is 22.9. The topological polar surface area (TPSA) is 57.1 Å². The summed E-state index contributed by atoms with van der Waals surface area (Å²) in [4.78, 5) is 30.9. The zero-order chi connectivity index (χ0) is 21.9. The molecule has 7 heteroatoms. The number of urea groups is 1. The van der Waals surface area contributed by atoms with Crippen LogP contribution in [0.3, 0.4) is 0 Å². The number of piperazine rings is 1. The molecule has 166 valence electrons. The molecule has 6 nitrogen and oxygen atoms in total. The zero-order valence-corrected chi connectivity index (χ0v) is 19.8. The molecule has 1 aromatic rings. The number of nitrogens with zero attached hydrogens (tertiary/aromatic N) is 2. The molecular weight excluding hydrogens is 396 g/mol. The van der Waals surface area contributed by atoms with E-state index >= 15 is 0 Å². The highest BCUT2D eigenvalue weighted by atomic mass is 32.2. The molecule has 2 fully saturated rings. The van der Waals surface area contributed by atoms with Crippen LogP contribution in [-0.2, 0) is 4.79 Å². The van der Waals surface area contributed by atoms with Crippen molar-refractivity contribution in [1.29, 1.82) is 0 Å². The highest BCUT2D eigenvalue weighted by Crippen LogP contribution is 2.44. The summed E-state index contributed by atoms with van der Waals surface area (Å²) in [6.07, 6.45) is 0.872. The van der Waals surface area contributed by atoms with E-state index in [0.717, 1.165) is 45.7 Å². The van der Waals surface area contributed by atoms with Gasteiger partial charge >= 0.3 is 6.03 Å². The third-order valence-electron chi connectivity index (χ3n) is 5.91. The molecule has 0 unspecified atom stereocenters. The number of aryl methyl sites for hydroxylation is 1. The van der Waals surface area contributed by atoms with Gasteiger partial charge in [-0.05, 0) is 45.2 Å². The number of nitrogens with one attached hydrogen (secondary N) is 2. The number of benzene rings is 1. The van der Waals surface area contributed by atoms with Crippen molar-refractivity contribution in [3.05, 3.63) is 35.4 Å². The maximum Gasteiger partial charge on any atom is 0.318 e. The Labute approximate surface area is 185 Å². The summed E-state index contributed by atoms with van der Waals surface area (Å²) < 4.78 is 0. The van der Waals surface area contributed by atoms with Crippen LogP contribution in [0.1, 0.15) is 50.6 Å². The van der Waals surface area contributed by atoms with E-state index in [1.165, 1.54) is 16.0 Å². The minimum Gasteiger partial charge on any atom is -0.333 e. The van der Waals surface area contributed by atoms with Crippen LogP contribution < -0.4 is 10.2 Å². The van der Waals surface area contributed by atoms with Crippen molar-refractivity contribution in [3.63, 3.8) is 0 Å². The monoisotopic (exact) mass is 433 g/mol. The molecule has 0 spiro atoms. The van der Waals surface area contributed by atoms with Gasteiger partial charge in [-0.15, -0.1) is 11.8 Å². The maximum atomic E-state index is 13.0. The Kier molecular flexibility index (Phi) is 7.34. The summed E-state index contributed by atoms with van der Waals surface area (Å²) in [6, 6.07) is 8.44. The predicted octanol–water partition coefficient (Wildman–Crippen LogP) is 2.06. The van der Waals surface area contributed by atoms with Gasteiger partial charge in [0, 0.05) is 5.54 Å². The summed E-state index contributed by atoms with van der Waals surface area (Å²) in [5.74, 6) is 0.276. The summed E-state index contributed by atoms with van der Waals surface area (Å²) in [6.45, 7) is 15.3. The lowest BCUT2D eigenvalue weighted by molar-refractivity contribution is -0.903. The number of carbonyl (C=O) groups is 2. The number of hydrogen-bond donors (Lipinski definition) is 2. The zero-order valence-electron chi connectivity index (χ0n) is 19.0. The lowest BCUT2D eigenvalue weighted by Gasteiger charge is -2.35. The van der Waals surface area contributed by atoms with E-state index in [1.807, 2.05) is 25.7 Å². The van der Waals surface area contributed by atoms with Crippen LogP contribution in [0.25, 0.3) is 0 Å². The molecule has 0 aromatic heterocycles. The second-order valence-electron chi connectivity index (χ2n) is 9.44. The third kappa shape index (κ3) is 5.49. The van der Waals surface area contributed by atoms with Gasteiger partial charge in [0.1, 0.15) is 5.37 Å². The fraction of sp³-hybridized carbons (Fsp3) is 0.652. The molecule has 2 atom stereocenters. The van der Waals surface area contributed by atoms with Crippen molar-refractivity contribution in [2.45, 2.75) is 57.2 Å². The van der Waals surface area contributed by atoms with Crippen LogP contribution in [0.15, 0.2) is 24.3 Å². The van der Waals surface area contributed by atoms with Gasteiger partial charge < -0.3 is 20.0 Å². The summed E-state index contributed by atoms with van der Waals surface area (Å²) >= 11 is 1.80. The molecule has 30 heavy (non-hydrogen) atoms. The normalized spacial score (nSPS) is 23.2. The van der Waals surface area contributed by atoms with E-state index < -0.39 is 0 Å². The Morgan fingerprint density at radius 1 is 1.23 bits per heavy atom. The van der Waals surface area contributed by atoms with Crippen LogP contribution in [0, 0.1) is 6.92 Å². The fourth-order valence-electron chi connectivity index (χ4n) is 4.15. The Morgan fingerprint density at radius 2 is 1.90 bits per heavy atom. The number of carbonyl (C=O) groups excluding carboxylic acids is 2. The van der Waals surface area contributed by atoms with Gasteiger partial charge in [0.05, 0.1) is 44.5 Å². The molecule has 2 heterocycles. The lowest BCUT2D eigenvalue weighted by Crippen LogP contribution is -3.15. The van der Waals surface area contributed by atoms with Crippen LogP contribution in [0.2, 0.25) is 0 Å². The van der Waals surface area contributed by atoms with Crippen molar-refractivity contribution in [2.24, 2.45) is 0 Å². The maximum absolute atomic E-state index is 13.0. The van der Waals surface area contributed by atoms with E-state index in [9.17, 15) is 9.59 Å². The first-order valence-corrected chi connectivity index (χ1v) is 12.1. The van der Waals surface area contributed by atoms with Gasteiger partial charge in [0.25, 0.3) is 0 Å². The molecule has 2 saturated heterocycles. The quantitative estimate of drug-likeness (QED) is 0.747. The molecule has 0 saturated carbocycles. The molecule has 0 aliphatic carbocycles. The Bertz CT molecular complexity index is 756. The van der Waals surface area contributed by atoms with Crippen molar-refractivity contribution >= 4 is 23.7 Å². The van der Waals surface area contributed by atoms with E-state index in [-0.39, 0.29) is 28.1 Å². The number of quaternary nitrogens is 1. The van der Waals surface area contributed by atoms with Gasteiger partial charge in [-0.3, -0.25) is 4.79 Å². The molecule has 0 radical (unpaired) electrons. The lowest BCUT2D eigenvalue weighted by atomic mass is 10.1. The molecule has 2 aliphatic heterocycles. The molecule has 2 N–H and O–H groups in total. The third-order valence-corrected chi connectivity index (χ3v) is 7.54. The van der Waals surface area contributed by atoms with Gasteiger partial charge in [-0.25, -0.2) is 4.79 Å². The van der Waals surface area contributed by atoms with Crippen LogP contribution in [0.5, 0.6) is 0 Å². The molecule has 0 bridgehead atoms. The molecule has 3 amide bonds. The summed E-state index contributed by atoms with van der Waals surface area (Å²) in [5.41, 5.74) is 2.29. The minimum absolute atomic E-state index is 0.0260. The van der Waals surface area contributed by atoms with Crippen LogP contribution >= 0.6 is 11.8 Å². The van der Waals surface area contributed by atoms with Crippen molar-refractivity contribution in [3.8, 4) is 0 Å². The largest absolute Gasteiger partial charge is 0.333 e. The van der Waals surface area contributed by atoms with E-state index in [0.29, 0.717) is 0 Å². The van der Waals surface area contributed by atoms with E-state index in [4.69, 9.17) is 0 Å². The number of thioether (sulfide) groups is 1. The van der Waals surface area contributed by atoms with Crippen LogP contribution in [-0.4, -0.2) is 71.8 Å². The van der Waals surface area contributed by atoms with Crippen molar-refractivity contribution in [2.75, 3.05) is 39.3 Å². The second-order valence-corrected chi connectivity index (χ2v) is 10.7. The summed E-state index contributed by atoms with van der Waals surface area (Å²) in [7, 11) is 0. The first-order valence-electron chi connectivity index (χ1n) is 11.1. The van der Waals surface area contributed by atoms with Gasteiger partial charge in [0.15, 0.2) is 0 Å². The van der Waals surface area contributed by atoms with E-state index in [1.54, 1.807) is 11.8 Å². The van der Waals surface area contributed by atoms with Crippen molar-refractivity contribution < 1.29 is 14.5 Å². The average molecular weight is 434 g/mol. The highest BCUT2D eigenvalue weighted by Gasteiger charge is 2.41. The Hall–Kier alpha value is -1.73.